The lowest BCUT2D eigenvalue weighted by Crippen LogP contribution is -2.40. The van der Waals surface area contributed by atoms with Crippen LogP contribution >= 0.6 is 23.1 Å². The van der Waals surface area contributed by atoms with Crippen molar-refractivity contribution in [3.63, 3.8) is 0 Å². The number of hydrogen-bond donors (Lipinski definition) is 1. The second kappa shape index (κ2) is 6.52. The molecule has 1 fully saturated rings. The molecule has 0 bridgehead atoms. The maximum atomic E-state index is 12.0. The van der Waals surface area contributed by atoms with E-state index in [-0.39, 0.29) is 11.2 Å². The van der Waals surface area contributed by atoms with Crippen LogP contribution in [0, 0.1) is 6.92 Å². The summed E-state index contributed by atoms with van der Waals surface area (Å²) in [6, 6.07) is 0.380. The first-order chi connectivity index (χ1) is 8.65. The summed E-state index contributed by atoms with van der Waals surface area (Å²) in [7, 11) is 0. The van der Waals surface area contributed by atoms with E-state index in [1.165, 1.54) is 31.0 Å². The molecule has 0 saturated heterocycles. The first kappa shape index (κ1) is 13.8. The van der Waals surface area contributed by atoms with Crippen molar-refractivity contribution < 1.29 is 4.79 Å². The number of hydrogen-bond acceptors (Lipinski definition) is 5. The normalized spacial score (nSPS) is 18.6. The Morgan fingerprint density at radius 3 is 2.72 bits per heavy atom. The van der Waals surface area contributed by atoms with E-state index in [1.54, 1.807) is 11.3 Å². The van der Waals surface area contributed by atoms with Gasteiger partial charge in [0.1, 0.15) is 5.01 Å². The Hall–Kier alpha value is -0.620. The molecule has 1 atom stereocenters. The van der Waals surface area contributed by atoms with Gasteiger partial charge in [0.15, 0.2) is 4.34 Å². The Morgan fingerprint density at radius 1 is 1.39 bits per heavy atom. The van der Waals surface area contributed by atoms with Gasteiger partial charge in [-0.3, -0.25) is 4.79 Å². The van der Waals surface area contributed by atoms with E-state index in [4.69, 9.17) is 0 Å². The molecule has 4 nitrogen and oxygen atoms in total. The summed E-state index contributed by atoms with van der Waals surface area (Å²) in [6.45, 7) is 3.86. The highest BCUT2D eigenvalue weighted by molar-refractivity contribution is 8.02. The van der Waals surface area contributed by atoms with Gasteiger partial charge in [0.2, 0.25) is 5.91 Å². The molecule has 0 spiro atoms. The molecule has 1 N–H and O–H groups in total. The summed E-state index contributed by atoms with van der Waals surface area (Å²) < 4.78 is 0.874. The molecule has 18 heavy (non-hydrogen) atoms. The topological polar surface area (TPSA) is 54.9 Å². The number of carbonyl (C=O) groups is 1. The van der Waals surface area contributed by atoms with Crippen molar-refractivity contribution >= 4 is 29.0 Å². The number of nitrogens with zero attached hydrogens (tertiary/aromatic N) is 2. The van der Waals surface area contributed by atoms with Crippen molar-refractivity contribution in [2.24, 2.45) is 0 Å². The fraction of sp³-hybridized carbons (Fsp3) is 0.750. The van der Waals surface area contributed by atoms with E-state index in [1.807, 2.05) is 13.8 Å². The van der Waals surface area contributed by atoms with Gasteiger partial charge in [-0.25, -0.2) is 0 Å². The smallest absolute Gasteiger partial charge is 0.233 e. The van der Waals surface area contributed by atoms with Crippen LogP contribution < -0.4 is 5.32 Å². The van der Waals surface area contributed by atoms with Crippen LogP contribution in [0.3, 0.4) is 0 Å². The summed E-state index contributed by atoms with van der Waals surface area (Å²) in [6.07, 6.45) is 6.03. The first-order valence-corrected chi connectivity index (χ1v) is 8.12. The Kier molecular flexibility index (Phi) is 5.00. The van der Waals surface area contributed by atoms with Gasteiger partial charge in [-0.05, 0) is 26.7 Å². The van der Waals surface area contributed by atoms with Crippen LogP contribution in [0.2, 0.25) is 0 Å². The van der Waals surface area contributed by atoms with E-state index in [2.05, 4.69) is 15.5 Å². The average molecular weight is 285 g/mol. The summed E-state index contributed by atoms with van der Waals surface area (Å²) in [4.78, 5) is 12.0. The summed E-state index contributed by atoms with van der Waals surface area (Å²) in [5.41, 5.74) is 0. The molecule has 1 saturated carbocycles. The SMILES string of the molecule is Cc1nnc(S[C@@H](C)C(=O)NC2CCCCC2)s1. The number of rotatable bonds is 4. The Balaban J connectivity index is 1.80. The number of aromatic nitrogens is 2. The zero-order valence-electron chi connectivity index (χ0n) is 10.8. The molecule has 2 rings (SSSR count). The summed E-state index contributed by atoms with van der Waals surface area (Å²) >= 11 is 3.03. The van der Waals surface area contributed by atoms with Crippen molar-refractivity contribution in [1.82, 2.24) is 15.5 Å². The van der Waals surface area contributed by atoms with Crippen molar-refractivity contribution in [2.45, 2.75) is 61.6 Å². The van der Waals surface area contributed by atoms with E-state index in [9.17, 15) is 4.79 Å². The van der Waals surface area contributed by atoms with Gasteiger partial charge in [0.05, 0.1) is 5.25 Å². The second-order valence-electron chi connectivity index (χ2n) is 4.69. The van der Waals surface area contributed by atoms with Crippen LogP contribution in [0.15, 0.2) is 4.34 Å². The molecule has 0 radical (unpaired) electrons. The third-order valence-electron chi connectivity index (χ3n) is 3.11. The third-order valence-corrected chi connectivity index (χ3v) is 5.13. The molecule has 1 aliphatic carbocycles. The molecule has 1 amide bonds. The molecule has 1 aromatic rings. The third kappa shape index (κ3) is 3.95. The first-order valence-electron chi connectivity index (χ1n) is 6.42. The fourth-order valence-electron chi connectivity index (χ4n) is 2.10. The number of nitrogens with one attached hydrogen (secondary N) is 1. The molecule has 100 valence electrons. The highest BCUT2D eigenvalue weighted by atomic mass is 32.2. The van der Waals surface area contributed by atoms with Crippen LogP contribution in [0.1, 0.15) is 44.0 Å². The second-order valence-corrected chi connectivity index (χ2v) is 7.46. The van der Waals surface area contributed by atoms with Crippen LogP contribution in [-0.2, 0) is 4.79 Å². The number of aryl methyl sites for hydroxylation is 1. The lowest BCUT2D eigenvalue weighted by atomic mass is 9.95. The van der Waals surface area contributed by atoms with E-state index in [0.717, 1.165) is 22.2 Å². The zero-order valence-corrected chi connectivity index (χ0v) is 12.4. The number of carbonyl (C=O) groups excluding carboxylic acids is 1. The molecule has 1 aromatic heterocycles. The largest absolute Gasteiger partial charge is 0.352 e. The molecular weight excluding hydrogens is 266 g/mol. The minimum atomic E-state index is -0.0979. The van der Waals surface area contributed by atoms with Crippen molar-refractivity contribution in [3.05, 3.63) is 5.01 Å². The average Bonchev–Trinajstić information content (AvgIpc) is 2.76. The maximum Gasteiger partial charge on any atom is 0.233 e. The van der Waals surface area contributed by atoms with Crippen molar-refractivity contribution in [2.75, 3.05) is 0 Å². The van der Waals surface area contributed by atoms with Crippen LogP contribution in [-0.4, -0.2) is 27.4 Å². The van der Waals surface area contributed by atoms with Gasteiger partial charge in [-0.15, -0.1) is 10.2 Å². The number of amides is 1. The Labute approximate surface area is 116 Å². The fourth-order valence-corrected chi connectivity index (χ4v) is 4.07. The molecular formula is C12H19N3OS2. The molecule has 1 aliphatic rings. The zero-order chi connectivity index (χ0) is 13.0. The van der Waals surface area contributed by atoms with Crippen LogP contribution in [0.5, 0.6) is 0 Å². The molecule has 6 heteroatoms. The monoisotopic (exact) mass is 285 g/mol. The van der Waals surface area contributed by atoms with Gasteiger partial charge >= 0.3 is 0 Å². The van der Waals surface area contributed by atoms with Crippen molar-refractivity contribution in [3.8, 4) is 0 Å². The lowest BCUT2D eigenvalue weighted by Gasteiger charge is -2.24. The molecule has 0 aromatic carbocycles. The van der Waals surface area contributed by atoms with Gasteiger partial charge < -0.3 is 5.32 Å². The number of thioether (sulfide) groups is 1. The standard InChI is InChI=1S/C12H19N3OS2/c1-8(17-12-15-14-9(2)18-12)11(16)13-10-6-4-3-5-7-10/h8,10H,3-7H2,1-2H3,(H,13,16)/t8-/m0/s1. The molecule has 1 heterocycles. The minimum Gasteiger partial charge on any atom is -0.352 e. The van der Waals surface area contributed by atoms with Gasteiger partial charge in [0, 0.05) is 6.04 Å². The quantitative estimate of drug-likeness (QED) is 0.864. The lowest BCUT2D eigenvalue weighted by molar-refractivity contribution is -0.121. The Bertz CT molecular complexity index is 402. The van der Waals surface area contributed by atoms with Crippen molar-refractivity contribution in [1.29, 1.82) is 0 Å². The van der Waals surface area contributed by atoms with Crippen LogP contribution in [0.4, 0.5) is 0 Å². The van der Waals surface area contributed by atoms with E-state index >= 15 is 0 Å². The highest BCUT2D eigenvalue weighted by Gasteiger charge is 2.21. The van der Waals surface area contributed by atoms with Crippen LogP contribution in [0.25, 0.3) is 0 Å². The Morgan fingerprint density at radius 2 is 2.11 bits per heavy atom. The molecule has 0 aliphatic heterocycles. The van der Waals surface area contributed by atoms with Gasteiger partial charge in [-0.1, -0.05) is 42.4 Å². The van der Waals surface area contributed by atoms with E-state index in [0.29, 0.717) is 6.04 Å². The minimum absolute atomic E-state index is 0.0979. The maximum absolute atomic E-state index is 12.0. The predicted octanol–water partition coefficient (Wildman–Crippen LogP) is 2.78. The highest BCUT2D eigenvalue weighted by Crippen LogP contribution is 2.26. The summed E-state index contributed by atoms with van der Waals surface area (Å²) in [5, 5.41) is 12.0. The predicted molar refractivity (Wildman–Crippen MR) is 75.0 cm³/mol. The van der Waals surface area contributed by atoms with Gasteiger partial charge in [-0.2, -0.15) is 0 Å². The summed E-state index contributed by atoms with van der Waals surface area (Å²) in [5.74, 6) is 0.125. The van der Waals surface area contributed by atoms with Gasteiger partial charge in [0.25, 0.3) is 0 Å². The van der Waals surface area contributed by atoms with E-state index < -0.39 is 0 Å². The molecule has 0 unspecified atom stereocenters.